The number of alkyl halides is 1. The normalized spacial score (nSPS) is 11.8. The Morgan fingerprint density at radius 2 is 2.13 bits per heavy atom. The van der Waals surface area contributed by atoms with Gasteiger partial charge in [-0.25, -0.2) is 0 Å². The van der Waals surface area contributed by atoms with Gasteiger partial charge in [0.1, 0.15) is 0 Å². The Morgan fingerprint density at radius 1 is 1.47 bits per heavy atom. The summed E-state index contributed by atoms with van der Waals surface area (Å²) in [5.74, 6) is 6.39. The summed E-state index contributed by atoms with van der Waals surface area (Å²) in [6, 6.07) is 0. The van der Waals surface area contributed by atoms with E-state index < -0.39 is 0 Å². The average Bonchev–Trinajstić information content (AvgIpc) is 2.13. The van der Waals surface area contributed by atoms with Crippen LogP contribution in [0.3, 0.4) is 0 Å². The van der Waals surface area contributed by atoms with Crippen molar-refractivity contribution in [3.8, 4) is 11.8 Å². The molecular formula is C12H19ClO2. The molecule has 0 bridgehead atoms. The fourth-order valence-electron chi connectivity index (χ4n) is 1.08. The van der Waals surface area contributed by atoms with E-state index in [9.17, 15) is 4.79 Å². The van der Waals surface area contributed by atoms with Crippen molar-refractivity contribution in [2.24, 2.45) is 5.92 Å². The summed E-state index contributed by atoms with van der Waals surface area (Å²) in [6.07, 6.45) is 1.53. The fourth-order valence-corrected chi connectivity index (χ4v) is 1.23. The lowest BCUT2D eigenvalue weighted by Gasteiger charge is -2.14. The van der Waals surface area contributed by atoms with E-state index in [2.05, 4.69) is 25.7 Å². The quantitative estimate of drug-likeness (QED) is 0.412. The van der Waals surface area contributed by atoms with E-state index in [0.29, 0.717) is 11.8 Å². The molecule has 0 saturated heterocycles. The molecule has 3 heteroatoms. The molecule has 0 heterocycles. The van der Waals surface area contributed by atoms with E-state index in [1.54, 1.807) is 0 Å². The van der Waals surface area contributed by atoms with Crippen LogP contribution in [0.15, 0.2) is 0 Å². The second-order valence-corrected chi connectivity index (χ2v) is 4.10. The fraction of sp³-hybridized carbons (Fsp3) is 0.750. The lowest BCUT2D eigenvalue weighted by Crippen LogP contribution is -2.18. The van der Waals surface area contributed by atoms with Crippen LogP contribution in [0.5, 0.6) is 0 Å². The number of carbonyl (C=O) groups is 1. The van der Waals surface area contributed by atoms with Gasteiger partial charge in [-0.3, -0.25) is 4.79 Å². The van der Waals surface area contributed by atoms with Crippen LogP contribution in [0.4, 0.5) is 0 Å². The van der Waals surface area contributed by atoms with E-state index >= 15 is 0 Å². The summed E-state index contributed by atoms with van der Waals surface area (Å²) in [4.78, 5) is 11.2. The number of carbonyl (C=O) groups excluding carboxylic acids is 1. The summed E-state index contributed by atoms with van der Waals surface area (Å²) in [5.41, 5.74) is 0. The Kier molecular flexibility index (Phi) is 8.22. The summed E-state index contributed by atoms with van der Waals surface area (Å²) < 4.78 is 5.21. The Labute approximate surface area is 97.3 Å². The number of hydrogen-bond acceptors (Lipinski definition) is 2. The molecule has 1 atom stereocenters. The molecule has 0 N–H and O–H groups in total. The first-order chi connectivity index (χ1) is 7.10. The second kappa shape index (κ2) is 8.61. The molecule has 0 rings (SSSR count). The highest BCUT2D eigenvalue weighted by molar-refractivity contribution is 6.18. The molecule has 0 aromatic heterocycles. The summed E-state index contributed by atoms with van der Waals surface area (Å²) in [6.45, 7) is 6.13. The predicted molar refractivity (Wildman–Crippen MR) is 62.7 cm³/mol. The van der Waals surface area contributed by atoms with Gasteiger partial charge in [0.15, 0.2) is 6.10 Å². The van der Waals surface area contributed by atoms with Crippen LogP contribution in [-0.2, 0) is 9.53 Å². The lowest BCUT2D eigenvalue weighted by atomic mass is 10.1. The van der Waals surface area contributed by atoms with Crippen LogP contribution in [0.1, 0.15) is 40.0 Å². The van der Waals surface area contributed by atoms with Crippen LogP contribution in [0.25, 0.3) is 0 Å². The third-order valence-corrected chi connectivity index (χ3v) is 1.89. The van der Waals surface area contributed by atoms with Crippen LogP contribution in [0, 0.1) is 17.8 Å². The molecule has 0 aliphatic heterocycles. The summed E-state index contributed by atoms with van der Waals surface area (Å²) in [7, 11) is 0. The monoisotopic (exact) mass is 230 g/mol. The van der Waals surface area contributed by atoms with Crippen LogP contribution in [-0.4, -0.2) is 18.0 Å². The van der Waals surface area contributed by atoms with Gasteiger partial charge in [0.25, 0.3) is 0 Å². The third kappa shape index (κ3) is 8.32. The topological polar surface area (TPSA) is 26.3 Å². The van der Waals surface area contributed by atoms with Crippen LogP contribution in [0.2, 0.25) is 0 Å². The van der Waals surface area contributed by atoms with Gasteiger partial charge in [-0.05, 0) is 12.3 Å². The highest BCUT2D eigenvalue weighted by atomic mass is 35.5. The zero-order valence-corrected chi connectivity index (χ0v) is 10.4. The molecule has 1 unspecified atom stereocenters. The van der Waals surface area contributed by atoms with E-state index in [1.165, 1.54) is 0 Å². The van der Waals surface area contributed by atoms with Gasteiger partial charge < -0.3 is 4.74 Å². The SMILES string of the molecule is CCC#CC(CC(C)C)OC(=O)CCCl. The Morgan fingerprint density at radius 3 is 2.60 bits per heavy atom. The molecular weight excluding hydrogens is 212 g/mol. The number of halogens is 1. The highest BCUT2D eigenvalue weighted by Crippen LogP contribution is 2.08. The summed E-state index contributed by atoms with van der Waals surface area (Å²) >= 11 is 5.45. The van der Waals surface area contributed by atoms with Gasteiger partial charge in [0, 0.05) is 12.3 Å². The van der Waals surface area contributed by atoms with Crippen LogP contribution < -0.4 is 0 Å². The minimum atomic E-state index is -0.277. The number of ether oxygens (including phenoxy) is 1. The first-order valence-corrected chi connectivity index (χ1v) is 5.87. The zero-order chi connectivity index (χ0) is 11.7. The lowest BCUT2D eigenvalue weighted by molar-refractivity contribution is -0.146. The maximum Gasteiger partial charge on any atom is 0.308 e. The van der Waals surface area contributed by atoms with Crippen molar-refractivity contribution in [2.45, 2.75) is 46.1 Å². The van der Waals surface area contributed by atoms with Crippen LogP contribution >= 0.6 is 11.6 Å². The first kappa shape index (κ1) is 14.3. The maximum atomic E-state index is 11.2. The van der Waals surface area contributed by atoms with Gasteiger partial charge in [0.2, 0.25) is 0 Å². The van der Waals surface area contributed by atoms with E-state index in [0.717, 1.165) is 12.8 Å². The Bertz CT molecular complexity index is 238. The van der Waals surface area contributed by atoms with Crippen molar-refractivity contribution in [2.75, 3.05) is 5.88 Å². The molecule has 15 heavy (non-hydrogen) atoms. The molecule has 0 amide bonds. The van der Waals surface area contributed by atoms with Crippen molar-refractivity contribution in [1.29, 1.82) is 0 Å². The zero-order valence-electron chi connectivity index (χ0n) is 9.68. The van der Waals surface area contributed by atoms with Crippen molar-refractivity contribution < 1.29 is 9.53 Å². The van der Waals surface area contributed by atoms with Gasteiger partial charge in [-0.2, -0.15) is 0 Å². The van der Waals surface area contributed by atoms with Gasteiger partial charge in [0.05, 0.1) is 6.42 Å². The van der Waals surface area contributed by atoms with Crippen molar-refractivity contribution >= 4 is 17.6 Å². The molecule has 0 aliphatic rings. The van der Waals surface area contributed by atoms with Gasteiger partial charge >= 0.3 is 5.97 Å². The molecule has 0 saturated carbocycles. The highest BCUT2D eigenvalue weighted by Gasteiger charge is 2.12. The third-order valence-electron chi connectivity index (χ3n) is 1.70. The van der Waals surface area contributed by atoms with Crippen molar-refractivity contribution in [1.82, 2.24) is 0 Å². The van der Waals surface area contributed by atoms with E-state index in [-0.39, 0.29) is 18.5 Å². The Balaban J connectivity index is 4.17. The molecule has 0 fully saturated rings. The molecule has 86 valence electrons. The average molecular weight is 231 g/mol. The number of esters is 1. The molecule has 0 aliphatic carbocycles. The van der Waals surface area contributed by atoms with Crippen molar-refractivity contribution in [3.05, 3.63) is 0 Å². The number of rotatable bonds is 5. The molecule has 0 radical (unpaired) electrons. The smallest absolute Gasteiger partial charge is 0.308 e. The van der Waals surface area contributed by atoms with Gasteiger partial charge in [-0.1, -0.05) is 32.6 Å². The molecule has 0 aromatic rings. The van der Waals surface area contributed by atoms with Gasteiger partial charge in [-0.15, -0.1) is 11.6 Å². The first-order valence-electron chi connectivity index (χ1n) is 5.34. The molecule has 0 aromatic carbocycles. The standard InChI is InChI=1S/C12H19ClO2/c1-4-5-6-11(9-10(2)3)15-12(14)7-8-13/h10-11H,4,7-9H2,1-3H3. The minimum Gasteiger partial charge on any atom is -0.449 e. The molecule has 0 spiro atoms. The Hall–Kier alpha value is -0.680. The molecule has 2 nitrogen and oxygen atoms in total. The predicted octanol–water partition coefficient (Wildman–Crippen LogP) is 2.99. The maximum absolute atomic E-state index is 11.2. The van der Waals surface area contributed by atoms with E-state index in [4.69, 9.17) is 16.3 Å². The van der Waals surface area contributed by atoms with E-state index in [1.807, 2.05) is 6.92 Å². The number of hydrogen-bond donors (Lipinski definition) is 0. The van der Waals surface area contributed by atoms with Crippen molar-refractivity contribution in [3.63, 3.8) is 0 Å². The minimum absolute atomic E-state index is 0.254. The summed E-state index contributed by atoms with van der Waals surface area (Å²) in [5, 5.41) is 0. The second-order valence-electron chi connectivity index (χ2n) is 3.72. The largest absolute Gasteiger partial charge is 0.449 e.